The lowest BCUT2D eigenvalue weighted by Gasteiger charge is -2.07. The molecule has 0 amide bonds. The summed E-state index contributed by atoms with van der Waals surface area (Å²) in [7, 11) is 0. The molecule has 1 aromatic carbocycles. The molecule has 0 fully saturated rings. The molecule has 0 aliphatic rings. The molecule has 0 unspecified atom stereocenters. The van der Waals surface area contributed by atoms with Crippen molar-refractivity contribution >= 4 is 29.1 Å². The minimum absolute atomic E-state index is 0.0508. The summed E-state index contributed by atoms with van der Waals surface area (Å²) in [5.74, 6) is 1.63. The van der Waals surface area contributed by atoms with Crippen LogP contribution in [0.3, 0.4) is 0 Å². The predicted molar refractivity (Wildman–Crippen MR) is 106 cm³/mol. The second-order valence-electron chi connectivity index (χ2n) is 5.95. The third-order valence-electron chi connectivity index (χ3n) is 3.83. The number of carbonyl (C=O) groups is 1. The molecule has 4 rings (SSSR count). The van der Waals surface area contributed by atoms with E-state index in [0.29, 0.717) is 22.8 Å². The number of hydrogen-bond acceptors (Lipinski definition) is 8. The quantitative estimate of drug-likeness (QED) is 0.299. The van der Waals surface area contributed by atoms with Crippen molar-refractivity contribution in [2.45, 2.75) is 24.2 Å². The van der Waals surface area contributed by atoms with E-state index >= 15 is 0 Å². The number of ether oxygens (including phenoxy) is 1. The molecule has 0 spiro atoms. The van der Waals surface area contributed by atoms with Gasteiger partial charge < -0.3 is 13.8 Å². The van der Waals surface area contributed by atoms with E-state index in [0.717, 1.165) is 21.2 Å². The lowest BCUT2D eigenvalue weighted by molar-refractivity contribution is 0.0460. The van der Waals surface area contributed by atoms with Crippen molar-refractivity contribution in [3.63, 3.8) is 0 Å². The maximum atomic E-state index is 12.6. The standard InChI is InChI=1S/C20H16N2O4S2/c1-13-9-15(22-25-13)12-28-18-6-3-2-5-16(18)20(23)24-11-14-10-17(26-21-14)19-7-4-8-27-19/h2-10H,11-12H2,1H3. The van der Waals surface area contributed by atoms with E-state index in [4.69, 9.17) is 13.8 Å². The monoisotopic (exact) mass is 412 g/mol. The normalized spacial score (nSPS) is 10.9. The van der Waals surface area contributed by atoms with Crippen LogP contribution in [0.15, 0.2) is 67.9 Å². The van der Waals surface area contributed by atoms with Gasteiger partial charge in [0.25, 0.3) is 0 Å². The van der Waals surface area contributed by atoms with E-state index in [-0.39, 0.29) is 6.61 Å². The van der Waals surface area contributed by atoms with Gasteiger partial charge in [-0.3, -0.25) is 0 Å². The van der Waals surface area contributed by atoms with E-state index in [1.165, 1.54) is 11.8 Å². The zero-order valence-electron chi connectivity index (χ0n) is 15.0. The Kier molecular flexibility index (Phi) is 5.59. The molecule has 0 atom stereocenters. The summed E-state index contributed by atoms with van der Waals surface area (Å²) in [4.78, 5) is 14.4. The van der Waals surface area contributed by atoms with Crippen molar-refractivity contribution in [2.24, 2.45) is 0 Å². The Bertz CT molecular complexity index is 1070. The van der Waals surface area contributed by atoms with E-state index in [2.05, 4.69) is 10.3 Å². The van der Waals surface area contributed by atoms with Gasteiger partial charge in [-0.05, 0) is 30.5 Å². The molecule has 3 heterocycles. The van der Waals surface area contributed by atoms with Gasteiger partial charge in [0.2, 0.25) is 0 Å². The second kappa shape index (κ2) is 8.45. The molecule has 0 bridgehead atoms. The van der Waals surface area contributed by atoms with Crippen molar-refractivity contribution < 1.29 is 18.6 Å². The fraction of sp³-hybridized carbons (Fsp3) is 0.150. The van der Waals surface area contributed by atoms with Gasteiger partial charge in [0.15, 0.2) is 5.76 Å². The van der Waals surface area contributed by atoms with Crippen LogP contribution in [0.5, 0.6) is 0 Å². The molecule has 0 saturated heterocycles. The zero-order chi connectivity index (χ0) is 19.3. The van der Waals surface area contributed by atoms with Crippen molar-refractivity contribution in [1.29, 1.82) is 0 Å². The molecule has 0 saturated carbocycles. The van der Waals surface area contributed by atoms with Gasteiger partial charge in [0.1, 0.15) is 18.1 Å². The Hall–Kier alpha value is -2.84. The van der Waals surface area contributed by atoms with Gasteiger partial charge in [0, 0.05) is 22.8 Å². The Labute approximate surface area is 169 Å². The molecule has 0 N–H and O–H groups in total. The van der Waals surface area contributed by atoms with E-state index in [1.807, 2.05) is 48.7 Å². The average Bonchev–Trinajstić information content (AvgIpc) is 3.46. The van der Waals surface area contributed by atoms with E-state index < -0.39 is 5.97 Å². The summed E-state index contributed by atoms with van der Waals surface area (Å²) in [5, 5.41) is 9.91. The van der Waals surface area contributed by atoms with Gasteiger partial charge in [-0.1, -0.05) is 28.5 Å². The minimum atomic E-state index is -0.403. The topological polar surface area (TPSA) is 78.4 Å². The molecule has 3 aromatic heterocycles. The molecule has 6 nitrogen and oxygen atoms in total. The first-order valence-corrected chi connectivity index (χ1v) is 10.4. The highest BCUT2D eigenvalue weighted by Crippen LogP contribution is 2.28. The SMILES string of the molecule is Cc1cc(CSc2ccccc2C(=O)OCc2cc(-c3cccs3)on2)no1. The van der Waals surface area contributed by atoms with Gasteiger partial charge in [-0.15, -0.1) is 23.1 Å². The number of carbonyl (C=O) groups excluding carboxylic acids is 1. The summed E-state index contributed by atoms with van der Waals surface area (Å²) < 4.78 is 15.8. The summed E-state index contributed by atoms with van der Waals surface area (Å²) >= 11 is 3.07. The third-order valence-corrected chi connectivity index (χ3v) is 5.82. The molecule has 28 heavy (non-hydrogen) atoms. The maximum absolute atomic E-state index is 12.6. The number of thioether (sulfide) groups is 1. The Morgan fingerprint density at radius 1 is 1.11 bits per heavy atom. The molecular formula is C20H16N2O4S2. The average molecular weight is 412 g/mol. The summed E-state index contributed by atoms with van der Waals surface area (Å²) in [6, 6.07) is 14.9. The Balaban J connectivity index is 1.39. The molecule has 4 aromatic rings. The number of thiophene rings is 1. The van der Waals surface area contributed by atoms with Crippen LogP contribution in [-0.2, 0) is 17.1 Å². The van der Waals surface area contributed by atoms with Crippen molar-refractivity contribution in [3.05, 3.63) is 76.6 Å². The summed E-state index contributed by atoms with van der Waals surface area (Å²) in [6.45, 7) is 1.90. The minimum Gasteiger partial charge on any atom is -0.455 e. The van der Waals surface area contributed by atoms with Crippen molar-refractivity contribution in [1.82, 2.24) is 10.3 Å². The molecule has 0 aliphatic carbocycles. The number of esters is 1. The van der Waals surface area contributed by atoms with E-state index in [1.54, 1.807) is 23.5 Å². The summed E-state index contributed by atoms with van der Waals surface area (Å²) in [6.07, 6.45) is 0. The highest BCUT2D eigenvalue weighted by molar-refractivity contribution is 7.98. The van der Waals surface area contributed by atoms with Crippen LogP contribution in [0, 0.1) is 6.92 Å². The first-order chi connectivity index (χ1) is 13.7. The second-order valence-corrected chi connectivity index (χ2v) is 7.91. The Morgan fingerprint density at radius 2 is 1.96 bits per heavy atom. The van der Waals surface area contributed by atoms with Crippen LogP contribution in [0.25, 0.3) is 10.6 Å². The van der Waals surface area contributed by atoms with Crippen molar-refractivity contribution in [2.75, 3.05) is 0 Å². The fourth-order valence-electron chi connectivity index (χ4n) is 2.53. The molecule has 0 aliphatic heterocycles. The van der Waals surface area contributed by atoms with Gasteiger partial charge >= 0.3 is 5.97 Å². The van der Waals surface area contributed by atoms with Gasteiger partial charge in [0.05, 0.1) is 16.1 Å². The maximum Gasteiger partial charge on any atom is 0.339 e. The number of nitrogens with zero attached hydrogens (tertiary/aromatic N) is 2. The van der Waals surface area contributed by atoms with Gasteiger partial charge in [-0.25, -0.2) is 4.79 Å². The van der Waals surface area contributed by atoms with Crippen LogP contribution >= 0.6 is 23.1 Å². The fourth-order valence-corrected chi connectivity index (χ4v) is 4.13. The van der Waals surface area contributed by atoms with Crippen LogP contribution in [-0.4, -0.2) is 16.3 Å². The molecule has 0 radical (unpaired) electrons. The van der Waals surface area contributed by atoms with Crippen LogP contribution in [0.2, 0.25) is 0 Å². The number of hydrogen-bond donors (Lipinski definition) is 0. The van der Waals surface area contributed by atoms with E-state index in [9.17, 15) is 4.79 Å². The molecule has 142 valence electrons. The number of rotatable bonds is 7. The highest BCUT2D eigenvalue weighted by atomic mass is 32.2. The van der Waals surface area contributed by atoms with Gasteiger partial charge in [-0.2, -0.15) is 0 Å². The molecule has 8 heteroatoms. The zero-order valence-corrected chi connectivity index (χ0v) is 16.6. The van der Waals surface area contributed by atoms with Crippen LogP contribution in [0.1, 0.15) is 27.5 Å². The summed E-state index contributed by atoms with van der Waals surface area (Å²) in [5.41, 5.74) is 1.91. The number of benzene rings is 1. The largest absolute Gasteiger partial charge is 0.455 e. The first kappa shape index (κ1) is 18.5. The van der Waals surface area contributed by atoms with Crippen molar-refractivity contribution in [3.8, 4) is 10.6 Å². The smallest absolute Gasteiger partial charge is 0.339 e. The predicted octanol–water partition coefficient (Wildman–Crippen LogP) is 5.35. The first-order valence-electron chi connectivity index (χ1n) is 8.49. The van der Waals surface area contributed by atoms with Crippen LogP contribution in [0.4, 0.5) is 0 Å². The molecular weight excluding hydrogens is 396 g/mol. The number of aryl methyl sites for hydroxylation is 1. The highest BCUT2D eigenvalue weighted by Gasteiger charge is 2.15. The number of aromatic nitrogens is 2. The lowest BCUT2D eigenvalue weighted by atomic mass is 10.2. The third kappa shape index (κ3) is 4.35. The van der Waals surface area contributed by atoms with Crippen LogP contribution < -0.4 is 0 Å². The lowest BCUT2D eigenvalue weighted by Crippen LogP contribution is -2.06. The Morgan fingerprint density at radius 3 is 2.75 bits per heavy atom.